The first kappa shape index (κ1) is 9.36. The van der Waals surface area contributed by atoms with Crippen LogP contribution >= 0.6 is 0 Å². The fourth-order valence-corrected chi connectivity index (χ4v) is 1.62. The van der Waals surface area contributed by atoms with E-state index >= 15 is 0 Å². The van der Waals surface area contributed by atoms with Gasteiger partial charge in [0, 0.05) is 27.2 Å². The summed E-state index contributed by atoms with van der Waals surface area (Å²) in [6, 6.07) is 0.158. The van der Waals surface area contributed by atoms with Crippen LogP contribution in [0.15, 0.2) is 0 Å². The Labute approximate surface area is 74.3 Å². The van der Waals surface area contributed by atoms with Crippen molar-refractivity contribution in [3.05, 3.63) is 0 Å². The van der Waals surface area contributed by atoms with E-state index in [1.807, 2.05) is 19.0 Å². The van der Waals surface area contributed by atoms with Gasteiger partial charge in [0.2, 0.25) is 0 Å². The second kappa shape index (κ2) is 3.78. The van der Waals surface area contributed by atoms with Gasteiger partial charge in [-0.25, -0.2) is 4.79 Å². The topological polar surface area (TPSA) is 23.6 Å². The third kappa shape index (κ3) is 1.90. The van der Waals surface area contributed by atoms with Crippen molar-refractivity contribution in [2.75, 3.05) is 27.2 Å². The van der Waals surface area contributed by atoms with Gasteiger partial charge in [-0.2, -0.15) is 0 Å². The predicted octanol–water partition coefficient (Wildman–Crippen LogP) is 1.40. The highest BCUT2D eigenvalue weighted by molar-refractivity contribution is 5.74. The molecule has 0 spiro atoms. The molecule has 1 aliphatic heterocycles. The second-order valence-corrected chi connectivity index (χ2v) is 3.69. The number of urea groups is 1. The summed E-state index contributed by atoms with van der Waals surface area (Å²) in [7, 11) is 3.61. The molecule has 0 aromatic rings. The van der Waals surface area contributed by atoms with E-state index < -0.39 is 0 Å². The molecular weight excluding hydrogens is 152 g/mol. The molecule has 70 valence electrons. The first-order valence-corrected chi connectivity index (χ1v) is 4.61. The quantitative estimate of drug-likeness (QED) is 0.583. The summed E-state index contributed by atoms with van der Waals surface area (Å²) in [5, 5.41) is 0. The number of amides is 2. The van der Waals surface area contributed by atoms with Crippen molar-refractivity contribution < 1.29 is 4.79 Å². The van der Waals surface area contributed by atoms with E-state index in [0.29, 0.717) is 0 Å². The number of carbonyl (C=O) groups excluding carboxylic acids is 1. The van der Waals surface area contributed by atoms with Gasteiger partial charge in [-0.1, -0.05) is 13.3 Å². The molecule has 0 aliphatic carbocycles. The summed E-state index contributed by atoms with van der Waals surface area (Å²) in [5.41, 5.74) is 0. The molecule has 0 aromatic carbocycles. The highest BCUT2D eigenvalue weighted by Gasteiger charge is 2.25. The average molecular weight is 170 g/mol. The van der Waals surface area contributed by atoms with Crippen molar-refractivity contribution >= 4 is 6.03 Å². The van der Waals surface area contributed by atoms with Crippen LogP contribution in [0.4, 0.5) is 4.79 Å². The maximum Gasteiger partial charge on any atom is 0.319 e. The van der Waals surface area contributed by atoms with Gasteiger partial charge in [-0.05, 0) is 12.3 Å². The van der Waals surface area contributed by atoms with E-state index in [2.05, 4.69) is 6.92 Å². The number of likely N-dealkylation sites (tertiary alicyclic amines) is 1. The third-order valence-electron chi connectivity index (χ3n) is 2.52. The van der Waals surface area contributed by atoms with E-state index in [1.54, 1.807) is 4.90 Å². The van der Waals surface area contributed by atoms with Crippen molar-refractivity contribution in [1.82, 2.24) is 9.80 Å². The van der Waals surface area contributed by atoms with E-state index in [9.17, 15) is 4.79 Å². The molecule has 2 amide bonds. The van der Waals surface area contributed by atoms with Gasteiger partial charge in [0.05, 0.1) is 0 Å². The Morgan fingerprint density at radius 2 is 2.25 bits per heavy atom. The Bertz CT molecular complexity index is 168. The molecule has 0 N–H and O–H groups in total. The van der Waals surface area contributed by atoms with Crippen LogP contribution in [0.1, 0.15) is 19.8 Å². The second-order valence-electron chi connectivity index (χ2n) is 3.69. The van der Waals surface area contributed by atoms with Crippen molar-refractivity contribution in [1.29, 1.82) is 0 Å². The van der Waals surface area contributed by atoms with Gasteiger partial charge in [0.15, 0.2) is 0 Å². The lowest BCUT2D eigenvalue weighted by atomic mass is 10.1. The van der Waals surface area contributed by atoms with Crippen molar-refractivity contribution in [3.63, 3.8) is 0 Å². The van der Waals surface area contributed by atoms with Gasteiger partial charge in [-0.3, -0.25) is 0 Å². The molecule has 1 fully saturated rings. The highest BCUT2D eigenvalue weighted by atomic mass is 16.2. The summed E-state index contributed by atoms with van der Waals surface area (Å²) in [6.45, 7) is 4.08. The van der Waals surface area contributed by atoms with E-state index in [4.69, 9.17) is 0 Å². The van der Waals surface area contributed by atoms with Crippen LogP contribution in [0.5, 0.6) is 0 Å². The number of carbonyl (C=O) groups is 1. The summed E-state index contributed by atoms with van der Waals surface area (Å²) in [5.74, 6) is 0.730. The van der Waals surface area contributed by atoms with Gasteiger partial charge in [-0.15, -0.1) is 0 Å². The Balaban J connectivity index is 2.41. The molecule has 1 rings (SSSR count). The van der Waals surface area contributed by atoms with Crippen LogP contribution in [0, 0.1) is 5.92 Å². The normalized spacial score (nSPS) is 22.9. The van der Waals surface area contributed by atoms with Crippen LogP contribution < -0.4 is 0 Å². The van der Waals surface area contributed by atoms with Crippen LogP contribution in [-0.4, -0.2) is 43.0 Å². The van der Waals surface area contributed by atoms with E-state index in [0.717, 1.165) is 19.0 Å². The molecule has 0 aromatic heterocycles. The summed E-state index contributed by atoms with van der Waals surface area (Å²) < 4.78 is 0. The monoisotopic (exact) mass is 170 g/mol. The van der Waals surface area contributed by atoms with Crippen molar-refractivity contribution in [2.24, 2.45) is 5.92 Å². The minimum Gasteiger partial charge on any atom is -0.331 e. The molecule has 1 saturated heterocycles. The van der Waals surface area contributed by atoms with Crippen LogP contribution in [0.3, 0.4) is 0 Å². The van der Waals surface area contributed by atoms with E-state index in [1.165, 1.54) is 12.8 Å². The highest BCUT2D eigenvalue weighted by Crippen LogP contribution is 2.19. The fourth-order valence-electron chi connectivity index (χ4n) is 1.62. The molecule has 0 saturated carbocycles. The summed E-state index contributed by atoms with van der Waals surface area (Å²) in [6.07, 6.45) is 2.37. The molecule has 12 heavy (non-hydrogen) atoms. The molecule has 1 aliphatic rings. The summed E-state index contributed by atoms with van der Waals surface area (Å²) >= 11 is 0. The number of rotatable bonds is 1. The third-order valence-corrected chi connectivity index (χ3v) is 2.52. The van der Waals surface area contributed by atoms with Crippen LogP contribution in [0.25, 0.3) is 0 Å². The van der Waals surface area contributed by atoms with Gasteiger partial charge in [0.25, 0.3) is 0 Å². The lowest BCUT2D eigenvalue weighted by Gasteiger charge is -2.20. The predicted molar refractivity (Wildman–Crippen MR) is 49.1 cm³/mol. The zero-order chi connectivity index (χ0) is 9.14. The lowest BCUT2D eigenvalue weighted by Crippen LogP contribution is -2.37. The molecule has 1 heterocycles. The average Bonchev–Trinajstić information content (AvgIpc) is 2.50. The first-order valence-electron chi connectivity index (χ1n) is 4.61. The lowest BCUT2D eigenvalue weighted by molar-refractivity contribution is 0.180. The zero-order valence-electron chi connectivity index (χ0n) is 8.21. The Morgan fingerprint density at radius 3 is 2.67 bits per heavy atom. The van der Waals surface area contributed by atoms with Crippen molar-refractivity contribution in [2.45, 2.75) is 19.8 Å². The number of hydrogen-bond acceptors (Lipinski definition) is 1. The number of nitrogens with zero attached hydrogens (tertiary/aromatic N) is 2. The Kier molecular flexibility index (Phi) is 2.95. The standard InChI is InChI=1S/C9H18N2O/c1-4-8-5-6-11(7-8)9(12)10(2)3/h8H,4-7H2,1-3H3. The molecule has 3 nitrogen and oxygen atoms in total. The van der Waals surface area contributed by atoms with Gasteiger partial charge >= 0.3 is 6.03 Å². The molecule has 0 radical (unpaired) electrons. The molecule has 3 heteroatoms. The van der Waals surface area contributed by atoms with Crippen molar-refractivity contribution in [3.8, 4) is 0 Å². The van der Waals surface area contributed by atoms with Gasteiger partial charge in [0.1, 0.15) is 0 Å². The van der Waals surface area contributed by atoms with Crippen LogP contribution in [0.2, 0.25) is 0 Å². The maximum atomic E-state index is 11.5. The smallest absolute Gasteiger partial charge is 0.319 e. The minimum absolute atomic E-state index is 0.158. The minimum atomic E-state index is 0.158. The number of hydrogen-bond donors (Lipinski definition) is 0. The zero-order valence-corrected chi connectivity index (χ0v) is 8.21. The largest absolute Gasteiger partial charge is 0.331 e. The van der Waals surface area contributed by atoms with Gasteiger partial charge < -0.3 is 9.80 Å². The fraction of sp³-hybridized carbons (Fsp3) is 0.889. The molecule has 1 atom stereocenters. The van der Waals surface area contributed by atoms with Crippen LogP contribution in [-0.2, 0) is 0 Å². The Morgan fingerprint density at radius 1 is 1.58 bits per heavy atom. The SMILES string of the molecule is CCC1CCN(C(=O)N(C)C)C1. The maximum absolute atomic E-state index is 11.5. The summed E-state index contributed by atoms with van der Waals surface area (Å²) in [4.78, 5) is 15.0. The Hall–Kier alpha value is -0.730. The van der Waals surface area contributed by atoms with E-state index in [-0.39, 0.29) is 6.03 Å². The molecule has 1 unspecified atom stereocenters. The molecular formula is C9H18N2O. The molecule has 0 bridgehead atoms. The first-order chi connectivity index (χ1) is 5.65.